The quantitative estimate of drug-likeness (QED) is 0.833. The molecule has 1 aliphatic heterocycles. The minimum absolute atomic E-state index is 0.101. The maximum absolute atomic E-state index is 12.6. The smallest absolute Gasteiger partial charge is 0.254 e. The SMILES string of the molecule is C[C@H]1CNCCN1C(=O)c1cccc(S(=O)(=O)NCC2CC2)c1. The van der Waals surface area contributed by atoms with Crippen LogP contribution in [0.5, 0.6) is 0 Å². The molecule has 1 amide bonds. The van der Waals surface area contributed by atoms with Gasteiger partial charge in [0.25, 0.3) is 5.91 Å². The fraction of sp³-hybridized carbons (Fsp3) is 0.562. The number of carbonyl (C=O) groups is 1. The third kappa shape index (κ3) is 3.91. The Labute approximate surface area is 137 Å². The lowest BCUT2D eigenvalue weighted by Crippen LogP contribution is -2.52. The van der Waals surface area contributed by atoms with Crippen molar-refractivity contribution in [2.45, 2.75) is 30.7 Å². The third-order valence-corrected chi connectivity index (χ3v) is 5.83. The second kappa shape index (κ2) is 6.59. The summed E-state index contributed by atoms with van der Waals surface area (Å²) in [5.41, 5.74) is 0.424. The topological polar surface area (TPSA) is 78.5 Å². The molecule has 0 bridgehead atoms. The predicted molar refractivity (Wildman–Crippen MR) is 87.7 cm³/mol. The summed E-state index contributed by atoms with van der Waals surface area (Å²) in [6.07, 6.45) is 2.17. The van der Waals surface area contributed by atoms with Crippen molar-refractivity contribution >= 4 is 15.9 Å². The van der Waals surface area contributed by atoms with Gasteiger partial charge in [0.15, 0.2) is 0 Å². The molecule has 0 spiro atoms. The van der Waals surface area contributed by atoms with Crippen LogP contribution in [0, 0.1) is 5.92 Å². The molecule has 0 unspecified atom stereocenters. The lowest BCUT2D eigenvalue weighted by Gasteiger charge is -2.34. The number of nitrogens with one attached hydrogen (secondary N) is 2. The second-order valence-corrected chi connectivity index (χ2v) is 8.14. The van der Waals surface area contributed by atoms with E-state index in [1.165, 1.54) is 12.1 Å². The van der Waals surface area contributed by atoms with Gasteiger partial charge in [-0.15, -0.1) is 0 Å². The Balaban J connectivity index is 1.77. The van der Waals surface area contributed by atoms with Crippen molar-refractivity contribution in [2.24, 2.45) is 5.92 Å². The molecule has 1 saturated carbocycles. The monoisotopic (exact) mass is 337 g/mol. The minimum Gasteiger partial charge on any atom is -0.333 e. The van der Waals surface area contributed by atoms with Gasteiger partial charge in [-0.05, 0) is 43.9 Å². The number of sulfonamides is 1. The zero-order valence-corrected chi connectivity index (χ0v) is 14.1. The summed E-state index contributed by atoms with van der Waals surface area (Å²) < 4.78 is 27.3. The van der Waals surface area contributed by atoms with E-state index in [9.17, 15) is 13.2 Å². The molecule has 1 aromatic carbocycles. The van der Waals surface area contributed by atoms with Gasteiger partial charge in [-0.1, -0.05) is 6.07 Å². The molecular weight excluding hydrogens is 314 g/mol. The molecule has 2 aliphatic rings. The van der Waals surface area contributed by atoms with E-state index in [0.29, 0.717) is 24.6 Å². The number of rotatable bonds is 5. The van der Waals surface area contributed by atoms with E-state index in [0.717, 1.165) is 25.9 Å². The average molecular weight is 337 g/mol. The molecule has 6 nitrogen and oxygen atoms in total. The Morgan fingerprint density at radius 2 is 2.17 bits per heavy atom. The van der Waals surface area contributed by atoms with Crippen LogP contribution in [0.25, 0.3) is 0 Å². The molecule has 23 heavy (non-hydrogen) atoms. The summed E-state index contributed by atoms with van der Waals surface area (Å²) >= 11 is 0. The van der Waals surface area contributed by atoms with E-state index in [1.807, 2.05) is 6.92 Å². The van der Waals surface area contributed by atoms with Gasteiger partial charge in [-0.3, -0.25) is 4.79 Å². The molecule has 0 aromatic heterocycles. The van der Waals surface area contributed by atoms with E-state index in [2.05, 4.69) is 10.0 Å². The average Bonchev–Trinajstić information content (AvgIpc) is 3.37. The van der Waals surface area contributed by atoms with Crippen LogP contribution in [-0.4, -0.2) is 51.4 Å². The maximum atomic E-state index is 12.6. The van der Waals surface area contributed by atoms with E-state index in [1.54, 1.807) is 17.0 Å². The van der Waals surface area contributed by atoms with Crippen molar-refractivity contribution in [1.82, 2.24) is 14.9 Å². The Bertz CT molecular complexity index is 686. The first kappa shape index (κ1) is 16.4. The van der Waals surface area contributed by atoms with Gasteiger partial charge in [-0.2, -0.15) is 0 Å². The number of nitrogens with zero attached hydrogens (tertiary/aromatic N) is 1. The van der Waals surface area contributed by atoms with Gasteiger partial charge in [-0.25, -0.2) is 13.1 Å². The summed E-state index contributed by atoms with van der Waals surface area (Å²) in [5, 5.41) is 3.24. The van der Waals surface area contributed by atoms with Crippen LogP contribution in [0.4, 0.5) is 0 Å². The van der Waals surface area contributed by atoms with Crippen LogP contribution < -0.4 is 10.0 Å². The first-order chi connectivity index (χ1) is 11.0. The number of hydrogen-bond donors (Lipinski definition) is 2. The molecule has 2 N–H and O–H groups in total. The predicted octanol–water partition coefficient (Wildman–Crippen LogP) is 0.809. The molecule has 2 fully saturated rings. The highest BCUT2D eigenvalue weighted by Gasteiger charge is 2.27. The van der Waals surface area contributed by atoms with Crippen LogP contribution in [0.15, 0.2) is 29.2 Å². The zero-order valence-electron chi connectivity index (χ0n) is 13.3. The number of piperazine rings is 1. The largest absolute Gasteiger partial charge is 0.333 e. The zero-order chi connectivity index (χ0) is 16.4. The Kier molecular flexibility index (Phi) is 4.70. The summed E-state index contributed by atoms with van der Waals surface area (Å²) in [5.74, 6) is 0.356. The van der Waals surface area contributed by atoms with Gasteiger partial charge < -0.3 is 10.2 Å². The van der Waals surface area contributed by atoms with Crippen molar-refractivity contribution in [3.63, 3.8) is 0 Å². The molecule has 1 aromatic rings. The molecule has 3 rings (SSSR count). The second-order valence-electron chi connectivity index (χ2n) is 6.37. The summed E-state index contributed by atoms with van der Waals surface area (Å²) in [6, 6.07) is 6.42. The third-order valence-electron chi connectivity index (χ3n) is 4.41. The van der Waals surface area contributed by atoms with Gasteiger partial charge in [0, 0.05) is 37.8 Å². The van der Waals surface area contributed by atoms with Gasteiger partial charge in [0.1, 0.15) is 0 Å². The summed E-state index contributed by atoms with van der Waals surface area (Å²) in [7, 11) is -3.55. The lowest BCUT2D eigenvalue weighted by molar-refractivity contribution is 0.0655. The van der Waals surface area contributed by atoms with Crippen molar-refractivity contribution in [1.29, 1.82) is 0 Å². The molecule has 1 saturated heterocycles. The van der Waals surface area contributed by atoms with Crippen LogP contribution in [0.2, 0.25) is 0 Å². The molecule has 0 radical (unpaired) electrons. The van der Waals surface area contributed by atoms with Crippen LogP contribution in [0.1, 0.15) is 30.1 Å². The normalized spacial score (nSPS) is 22.1. The van der Waals surface area contributed by atoms with Gasteiger partial charge in [0.05, 0.1) is 4.90 Å². The first-order valence-corrected chi connectivity index (χ1v) is 9.57. The Hall–Kier alpha value is -1.44. The van der Waals surface area contributed by atoms with Gasteiger partial charge >= 0.3 is 0 Å². The van der Waals surface area contributed by atoms with Crippen LogP contribution in [-0.2, 0) is 10.0 Å². The molecule has 7 heteroatoms. The fourth-order valence-corrected chi connectivity index (χ4v) is 3.90. The highest BCUT2D eigenvalue weighted by molar-refractivity contribution is 7.89. The number of hydrogen-bond acceptors (Lipinski definition) is 4. The molecular formula is C16H23N3O3S. The lowest BCUT2D eigenvalue weighted by atomic mass is 10.1. The Morgan fingerprint density at radius 1 is 1.39 bits per heavy atom. The van der Waals surface area contributed by atoms with Gasteiger partial charge in [0.2, 0.25) is 10.0 Å². The van der Waals surface area contributed by atoms with Crippen molar-refractivity contribution < 1.29 is 13.2 Å². The molecule has 126 valence electrons. The van der Waals surface area contributed by atoms with E-state index >= 15 is 0 Å². The fourth-order valence-electron chi connectivity index (χ4n) is 2.74. The number of benzene rings is 1. The van der Waals surface area contributed by atoms with Crippen molar-refractivity contribution in [2.75, 3.05) is 26.2 Å². The van der Waals surface area contributed by atoms with Crippen LogP contribution in [0.3, 0.4) is 0 Å². The van der Waals surface area contributed by atoms with E-state index in [4.69, 9.17) is 0 Å². The molecule has 1 atom stereocenters. The minimum atomic E-state index is -3.55. The Morgan fingerprint density at radius 3 is 2.87 bits per heavy atom. The highest BCUT2D eigenvalue weighted by atomic mass is 32.2. The van der Waals surface area contributed by atoms with Crippen LogP contribution >= 0.6 is 0 Å². The highest BCUT2D eigenvalue weighted by Crippen LogP contribution is 2.28. The van der Waals surface area contributed by atoms with E-state index < -0.39 is 10.0 Å². The molecule has 1 heterocycles. The summed E-state index contributed by atoms with van der Waals surface area (Å²) in [4.78, 5) is 14.6. The summed E-state index contributed by atoms with van der Waals surface area (Å²) in [6.45, 7) is 4.62. The van der Waals surface area contributed by atoms with Crippen molar-refractivity contribution in [3.05, 3.63) is 29.8 Å². The van der Waals surface area contributed by atoms with E-state index in [-0.39, 0.29) is 16.8 Å². The standard InChI is InChI=1S/C16H23N3O3S/c1-12-10-17-7-8-19(12)16(20)14-3-2-4-15(9-14)23(21,22)18-11-13-5-6-13/h2-4,9,12-13,17-18H,5-8,10-11H2,1H3/t12-/m0/s1. The number of amides is 1. The number of carbonyl (C=O) groups excluding carboxylic acids is 1. The maximum Gasteiger partial charge on any atom is 0.254 e. The molecule has 1 aliphatic carbocycles. The first-order valence-electron chi connectivity index (χ1n) is 8.09. The van der Waals surface area contributed by atoms with Crippen molar-refractivity contribution in [3.8, 4) is 0 Å².